The van der Waals surface area contributed by atoms with Gasteiger partial charge in [0.15, 0.2) is 0 Å². The Morgan fingerprint density at radius 3 is 2.73 bits per heavy atom. The van der Waals surface area contributed by atoms with Crippen molar-refractivity contribution in [2.24, 2.45) is 5.92 Å². The third-order valence-corrected chi connectivity index (χ3v) is 4.36. The van der Waals surface area contributed by atoms with E-state index in [9.17, 15) is 22.8 Å². The van der Waals surface area contributed by atoms with E-state index < -0.39 is 11.7 Å². The number of piperidine rings is 1. The first kappa shape index (κ1) is 20.2. The molecule has 1 heterocycles. The van der Waals surface area contributed by atoms with Crippen LogP contribution in [0.5, 0.6) is 0 Å². The summed E-state index contributed by atoms with van der Waals surface area (Å²) in [6.45, 7) is 1.53. The lowest BCUT2D eigenvalue weighted by atomic mass is 9.96. The second kappa shape index (κ2) is 8.53. The van der Waals surface area contributed by atoms with Crippen LogP contribution in [0.2, 0.25) is 0 Å². The van der Waals surface area contributed by atoms with Crippen LogP contribution in [-0.2, 0) is 22.3 Å². The van der Waals surface area contributed by atoms with E-state index in [4.69, 9.17) is 0 Å². The molecular weight excluding hydrogens is 347 g/mol. The van der Waals surface area contributed by atoms with Gasteiger partial charge in [0.05, 0.1) is 11.5 Å². The van der Waals surface area contributed by atoms with Crippen molar-refractivity contribution in [3.63, 3.8) is 0 Å². The van der Waals surface area contributed by atoms with Crippen LogP contribution in [0.4, 0.5) is 13.2 Å². The summed E-state index contributed by atoms with van der Waals surface area (Å²) in [5.74, 6) is -0.589. The highest BCUT2D eigenvalue weighted by Gasteiger charge is 2.32. The third kappa shape index (κ3) is 5.72. The highest BCUT2D eigenvalue weighted by atomic mass is 19.4. The molecule has 0 aliphatic carbocycles. The Morgan fingerprint density at radius 2 is 2.08 bits per heavy atom. The second-order valence-corrected chi connectivity index (χ2v) is 6.80. The normalized spacial score (nSPS) is 18.3. The van der Waals surface area contributed by atoms with Crippen molar-refractivity contribution in [1.82, 2.24) is 15.1 Å². The number of amides is 2. The number of nitrogens with one attached hydrogen (secondary N) is 1. The topological polar surface area (TPSA) is 52.7 Å². The molecule has 1 saturated heterocycles. The third-order valence-electron chi connectivity index (χ3n) is 4.36. The monoisotopic (exact) mass is 371 g/mol. The molecule has 0 saturated carbocycles. The zero-order valence-electron chi connectivity index (χ0n) is 15.0. The molecule has 0 spiro atoms. The van der Waals surface area contributed by atoms with E-state index >= 15 is 0 Å². The van der Waals surface area contributed by atoms with Gasteiger partial charge in [-0.2, -0.15) is 13.2 Å². The van der Waals surface area contributed by atoms with E-state index in [0.717, 1.165) is 12.1 Å². The highest BCUT2D eigenvalue weighted by Crippen LogP contribution is 2.30. The molecule has 1 aliphatic heterocycles. The average Bonchev–Trinajstić information content (AvgIpc) is 2.56. The van der Waals surface area contributed by atoms with Crippen molar-refractivity contribution in [2.75, 3.05) is 33.7 Å². The standard InChI is InChI=1S/C18H24F3N3O2/c1-23(2)9-8-22-17(26)14-6-7-16(25)24(12-14)11-13-4-3-5-15(10-13)18(19,20)21/h3-5,10,14H,6-9,11-12H2,1-2H3,(H,22,26)/t14-/m0/s1. The van der Waals surface area contributed by atoms with E-state index in [1.54, 1.807) is 6.07 Å². The zero-order chi connectivity index (χ0) is 19.3. The maximum Gasteiger partial charge on any atom is 0.416 e. The maximum atomic E-state index is 12.8. The van der Waals surface area contributed by atoms with Crippen LogP contribution >= 0.6 is 0 Å². The Balaban J connectivity index is 1.98. The van der Waals surface area contributed by atoms with E-state index in [1.165, 1.54) is 11.0 Å². The van der Waals surface area contributed by atoms with Gasteiger partial charge in [0.1, 0.15) is 0 Å². The lowest BCUT2D eigenvalue weighted by Gasteiger charge is -2.32. The molecule has 26 heavy (non-hydrogen) atoms. The summed E-state index contributed by atoms with van der Waals surface area (Å²) in [6, 6.07) is 4.94. The first-order valence-corrected chi connectivity index (χ1v) is 8.53. The molecule has 0 radical (unpaired) electrons. The van der Waals surface area contributed by atoms with Crippen LogP contribution in [-0.4, -0.2) is 55.3 Å². The predicted molar refractivity (Wildman–Crippen MR) is 91.1 cm³/mol. The summed E-state index contributed by atoms with van der Waals surface area (Å²) >= 11 is 0. The van der Waals surface area contributed by atoms with Crippen molar-refractivity contribution in [1.29, 1.82) is 0 Å². The highest BCUT2D eigenvalue weighted by molar-refractivity contribution is 5.83. The Bertz CT molecular complexity index is 647. The first-order valence-electron chi connectivity index (χ1n) is 8.53. The average molecular weight is 371 g/mol. The van der Waals surface area contributed by atoms with Gasteiger partial charge in [0.2, 0.25) is 11.8 Å². The fourth-order valence-corrected chi connectivity index (χ4v) is 2.90. The molecule has 1 atom stereocenters. The van der Waals surface area contributed by atoms with Gasteiger partial charge in [-0.1, -0.05) is 12.1 Å². The van der Waals surface area contributed by atoms with Crippen molar-refractivity contribution in [3.05, 3.63) is 35.4 Å². The van der Waals surface area contributed by atoms with Crippen LogP contribution in [0.15, 0.2) is 24.3 Å². The van der Waals surface area contributed by atoms with Crippen LogP contribution in [0.1, 0.15) is 24.0 Å². The Morgan fingerprint density at radius 1 is 1.35 bits per heavy atom. The number of carbonyl (C=O) groups is 2. The van der Waals surface area contributed by atoms with E-state index in [0.29, 0.717) is 25.1 Å². The molecule has 8 heteroatoms. The van der Waals surface area contributed by atoms with Crippen molar-refractivity contribution < 1.29 is 22.8 Å². The summed E-state index contributed by atoms with van der Waals surface area (Å²) in [5, 5.41) is 2.84. The lowest BCUT2D eigenvalue weighted by molar-refractivity contribution is -0.139. The predicted octanol–water partition coefficient (Wildman–Crippen LogP) is 2.12. The maximum absolute atomic E-state index is 12.8. The summed E-state index contributed by atoms with van der Waals surface area (Å²) in [7, 11) is 3.81. The van der Waals surface area contributed by atoms with Crippen LogP contribution < -0.4 is 5.32 Å². The number of likely N-dealkylation sites (N-methyl/N-ethyl adjacent to an activating group) is 1. The number of rotatable bonds is 6. The molecule has 1 fully saturated rings. The summed E-state index contributed by atoms with van der Waals surface area (Å²) in [5.41, 5.74) is -0.334. The molecule has 0 bridgehead atoms. The molecule has 1 aromatic rings. The zero-order valence-corrected chi connectivity index (χ0v) is 15.0. The van der Waals surface area contributed by atoms with Crippen LogP contribution in [0.25, 0.3) is 0 Å². The fourth-order valence-electron chi connectivity index (χ4n) is 2.90. The number of likely N-dealkylation sites (tertiary alicyclic amines) is 1. The number of hydrogen-bond acceptors (Lipinski definition) is 3. The van der Waals surface area contributed by atoms with Gasteiger partial charge in [-0.3, -0.25) is 9.59 Å². The van der Waals surface area contributed by atoms with Crippen LogP contribution in [0, 0.1) is 5.92 Å². The van der Waals surface area contributed by atoms with Crippen molar-refractivity contribution in [2.45, 2.75) is 25.6 Å². The molecule has 1 aliphatic rings. The SMILES string of the molecule is CN(C)CCNC(=O)[C@H]1CCC(=O)N(Cc2cccc(C(F)(F)F)c2)C1. The molecule has 0 aromatic heterocycles. The van der Waals surface area contributed by atoms with Crippen molar-refractivity contribution in [3.8, 4) is 0 Å². The number of nitrogens with zero attached hydrogens (tertiary/aromatic N) is 2. The number of benzene rings is 1. The molecule has 0 unspecified atom stereocenters. The largest absolute Gasteiger partial charge is 0.416 e. The minimum absolute atomic E-state index is 0.0736. The molecule has 2 amide bonds. The molecule has 1 aromatic carbocycles. The summed E-state index contributed by atoms with van der Waals surface area (Å²) < 4.78 is 38.5. The van der Waals surface area contributed by atoms with E-state index in [1.807, 2.05) is 19.0 Å². The quantitative estimate of drug-likeness (QED) is 0.834. The number of alkyl halides is 3. The van der Waals surface area contributed by atoms with Gasteiger partial charge in [-0.25, -0.2) is 0 Å². The number of halogens is 3. The number of carbonyl (C=O) groups excluding carboxylic acids is 2. The first-order chi connectivity index (χ1) is 12.2. The second-order valence-electron chi connectivity index (χ2n) is 6.80. The molecule has 144 valence electrons. The van der Waals surface area contributed by atoms with Gasteiger partial charge in [0.25, 0.3) is 0 Å². The minimum atomic E-state index is -4.42. The van der Waals surface area contributed by atoms with Crippen molar-refractivity contribution >= 4 is 11.8 Å². The van der Waals surface area contributed by atoms with E-state index in [2.05, 4.69) is 5.32 Å². The minimum Gasteiger partial charge on any atom is -0.355 e. The van der Waals surface area contributed by atoms with Crippen LogP contribution in [0.3, 0.4) is 0 Å². The fraction of sp³-hybridized carbons (Fsp3) is 0.556. The molecule has 5 nitrogen and oxygen atoms in total. The Hall–Kier alpha value is -2.09. The summed E-state index contributed by atoms with van der Waals surface area (Å²) in [6.07, 6.45) is -3.73. The lowest BCUT2D eigenvalue weighted by Crippen LogP contribution is -2.46. The van der Waals surface area contributed by atoms with Gasteiger partial charge in [-0.15, -0.1) is 0 Å². The Kier molecular flexibility index (Phi) is 6.63. The smallest absolute Gasteiger partial charge is 0.355 e. The van der Waals surface area contributed by atoms with Gasteiger partial charge in [-0.05, 0) is 38.2 Å². The molecule has 1 N–H and O–H groups in total. The number of hydrogen-bond donors (Lipinski definition) is 1. The Labute approximate surface area is 151 Å². The summed E-state index contributed by atoms with van der Waals surface area (Å²) in [4.78, 5) is 27.8. The van der Waals surface area contributed by atoms with E-state index in [-0.39, 0.29) is 37.2 Å². The molecular formula is C18H24F3N3O2. The van der Waals surface area contributed by atoms with Gasteiger partial charge in [0, 0.05) is 32.6 Å². The molecule has 2 rings (SSSR count). The van der Waals surface area contributed by atoms with Gasteiger partial charge < -0.3 is 15.1 Å². The van der Waals surface area contributed by atoms with Gasteiger partial charge >= 0.3 is 6.18 Å².